The van der Waals surface area contributed by atoms with Crippen molar-refractivity contribution in [2.45, 2.75) is 59.8 Å². The lowest BCUT2D eigenvalue weighted by Crippen LogP contribution is -2.30. The van der Waals surface area contributed by atoms with Crippen LogP contribution in [0.2, 0.25) is 0 Å². The Morgan fingerprint density at radius 2 is 1.76 bits per heavy atom. The van der Waals surface area contributed by atoms with Crippen LogP contribution in [0.4, 0.5) is 0 Å². The second-order valence-electron chi connectivity index (χ2n) is 6.30. The maximum absolute atomic E-state index is 12.1. The summed E-state index contributed by atoms with van der Waals surface area (Å²) in [5.74, 6) is 1.90. The first-order valence-electron chi connectivity index (χ1n) is 7.17. The van der Waals surface area contributed by atoms with E-state index in [1.54, 1.807) is 0 Å². The zero-order chi connectivity index (χ0) is 12.8. The summed E-state index contributed by atoms with van der Waals surface area (Å²) in [5.41, 5.74) is 0. The van der Waals surface area contributed by atoms with Crippen LogP contribution in [0.5, 0.6) is 0 Å². The van der Waals surface area contributed by atoms with E-state index in [0.717, 1.165) is 6.42 Å². The van der Waals surface area contributed by atoms with Gasteiger partial charge in [-0.2, -0.15) is 0 Å². The van der Waals surface area contributed by atoms with Crippen LogP contribution in [0.25, 0.3) is 0 Å². The molecule has 2 atom stereocenters. The average Bonchev–Trinajstić information content (AvgIpc) is 2.25. The Bertz CT molecular complexity index is 233. The maximum Gasteiger partial charge on any atom is 0.309 e. The van der Waals surface area contributed by atoms with Crippen molar-refractivity contribution >= 4 is 5.97 Å². The highest BCUT2D eigenvalue weighted by atomic mass is 16.5. The fourth-order valence-corrected chi connectivity index (χ4v) is 2.76. The predicted molar refractivity (Wildman–Crippen MR) is 70.7 cm³/mol. The molecule has 0 saturated heterocycles. The Morgan fingerprint density at radius 3 is 2.35 bits per heavy atom. The van der Waals surface area contributed by atoms with Crippen LogP contribution in [0.1, 0.15) is 59.8 Å². The van der Waals surface area contributed by atoms with Crippen molar-refractivity contribution in [3.63, 3.8) is 0 Å². The molecule has 1 rings (SSSR count). The molecular weight excluding hydrogens is 212 g/mol. The Labute approximate surface area is 106 Å². The lowest BCUT2D eigenvalue weighted by atomic mass is 9.75. The second kappa shape index (κ2) is 7.03. The summed E-state index contributed by atoms with van der Waals surface area (Å²) in [7, 11) is 0. The first-order chi connectivity index (χ1) is 8.00. The van der Waals surface area contributed by atoms with Gasteiger partial charge in [0.25, 0.3) is 0 Å². The summed E-state index contributed by atoms with van der Waals surface area (Å²) in [6.45, 7) is 9.22. The number of ether oxygens (including phenoxy) is 1. The standard InChI is InChI=1S/C15H28O2/c1-11(2)9-13-7-5-6-8-14(13)15(16)17-10-12(3)4/h11-14H,5-10H2,1-4H3. The van der Waals surface area contributed by atoms with Crippen molar-refractivity contribution in [3.05, 3.63) is 0 Å². The lowest BCUT2D eigenvalue weighted by molar-refractivity contribution is -0.153. The van der Waals surface area contributed by atoms with E-state index in [-0.39, 0.29) is 11.9 Å². The van der Waals surface area contributed by atoms with Gasteiger partial charge in [-0.1, -0.05) is 40.5 Å². The molecule has 1 saturated carbocycles. The molecule has 0 bridgehead atoms. The Hall–Kier alpha value is -0.530. The summed E-state index contributed by atoms with van der Waals surface area (Å²) >= 11 is 0. The van der Waals surface area contributed by atoms with E-state index in [1.807, 2.05) is 0 Å². The van der Waals surface area contributed by atoms with Gasteiger partial charge in [-0.3, -0.25) is 4.79 Å². The number of carbonyl (C=O) groups excluding carboxylic acids is 1. The predicted octanol–water partition coefficient (Wildman–Crippen LogP) is 4.04. The molecule has 0 aromatic carbocycles. The van der Waals surface area contributed by atoms with Crippen molar-refractivity contribution in [2.75, 3.05) is 6.61 Å². The minimum absolute atomic E-state index is 0.0593. The van der Waals surface area contributed by atoms with Crippen molar-refractivity contribution in [3.8, 4) is 0 Å². The van der Waals surface area contributed by atoms with Gasteiger partial charge in [0.1, 0.15) is 0 Å². The number of carbonyl (C=O) groups is 1. The van der Waals surface area contributed by atoms with E-state index < -0.39 is 0 Å². The number of hydrogen-bond acceptors (Lipinski definition) is 2. The van der Waals surface area contributed by atoms with E-state index >= 15 is 0 Å². The van der Waals surface area contributed by atoms with E-state index in [2.05, 4.69) is 27.7 Å². The lowest BCUT2D eigenvalue weighted by Gasteiger charge is -2.31. The summed E-state index contributed by atoms with van der Waals surface area (Å²) in [6, 6.07) is 0. The molecule has 1 aliphatic carbocycles. The minimum Gasteiger partial charge on any atom is -0.465 e. The molecule has 0 spiro atoms. The average molecular weight is 240 g/mol. The van der Waals surface area contributed by atoms with Gasteiger partial charge in [-0.05, 0) is 37.0 Å². The summed E-state index contributed by atoms with van der Waals surface area (Å²) < 4.78 is 5.42. The van der Waals surface area contributed by atoms with Crippen LogP contribution < -0.4 is 0 Å². The van der Waals surface area contributed by atoms with E-state index in [0.29, 0.717) is 24.4 Å². The molecule has 0 aliphatic heterocycles. The fraction of sp³-hybridized carbons (Fsp3) is 0.933. The highest BCUT2D eigenvalue weighted by molar-refractivity contribution is 5.72. The van der Waals surface area contributed by atoms with Crippen molar-refractivity contribution < 1.29 is 9.53 Å². The molecule has 2 unspecified atom stereocenters. The summed E-state index contributed by atoms with van der Waals surface area (Å²) in [5, 5.41) is 0. The van der Waals surface area contributed by atoms with Crippen molar-refractivity contribution in [1.82, 2.24) is 0 Å². The summed E-state index contributed by atoms with van der Waals surface area (Å²) in [4.78, 5) is 12.1. The van der Waals surface area contributed by atoms with Gasteiger partial charge in [0.2, 0.25) is 0 Å². The second-order valence-corrected chi connectivity index (χ2v) is 6.30. The molecule has 0 heterocycles. The molecule has 0 amide bonds. The smallest absolute Gasteiger partial charge is 0.309 e. The molecule has 100 valence electrons. The van der Waals surface area contributed by atoms with Gasteiger partial charge in [0.15, 0.2) is 0 Å². The molecule has 17 heavy (non-hydrogen) atoms. The van der Waals surface area contributed by atoms with Crippen LogP contribution in [-0.4, -0.2) is 12.6 Å². The van der Waals surface area contributed by atoms with Gasteiger partial charge < -0.3 is 4.74 Å². The summed E-state index contributed by atoms with van der Waals surface area (Å²) in [6.07, 6.45) is 5.89. The first-order valence-corrected chi connectivity index (χ1v) is 7.17. The van der Waals surface area contributed by atoms with E-state index in [1.165, 1.54) is 25.7 Å². The highest BCUT2D eigenvalue weighted by Gasteiger charge is 2.32. The number of esters is 1. The van der Waals surface area contributed by atoms with Gasteiger partial charge in [-0.15, -0.1) is 0 Å². The van der Waals surface area contributed by atoms with E-state index in [9.17, 15) is 4.79 Å². The topological polar surface area (TPSA) is 26.3 Å². The minimum atomic E-state index is 0.0593. The van der Waals surface area contributed by atoms with Gasteiger partial charge in [-0.25, -0.2) is 0 Å². The van der Waals surface area contributed by atoms with Gasteiger partial charge >= 0.3 is 5.97 Å². The third kappa shape index (κ3) is 5.10. The Balaban J connectivity index is 2.48. The largest absolute Gasteiger partial charge is 0.465 e. The maximum atomic E-state index is 12.1. The molecule has 0 N–H and O–H groups in total. The molecule has 1 fully saturated rings. The number of hydrogen-bond donors (Lipinski definition) is 0. The zero-order valence-corrected chi connectivity index (χ0v) is 11.9. The first kappa shape index (κ1) is 14.5. The van der Waals surface area contributed by atoms with E-state index in [4.69, 9.17) is 4.74 Å². The van der Waals surface area contributed by atoms with Crippen molar-refractivity contribution in [1.29, 1.82) is 0 Å². The molecule has 0 aromatic rings. The molecule has 2 nitrogen and oxygen atoms in total. The molecular formula is C15H28O2. The monoisotopic (exact) mass is 240 g/mol. The molecule has 1 aliphatic rings. The quantitative estimate of drug-likeness (QED) is 0.678. The van der Waals surface area contributed by atoms with Gasteiger partial charge in [0.05, 0.1) is 12.5 Å². The molecule has 0 radical (unpaired) electrons. The van der Waals surface area contributed by atoms with Gasteiger partial charge in [0, 0.05) is 0 Å². The number of rotatable bonds is 5. The Morgan fingerprint density at radius 1 is 1.12 bits per heavy atom. The highest BCUT2D eigenvalue weighted by Crippen LogP contribution is 2.35. The third-order valence-electron chi connectivity index (χ3n) is 3.54. The van der Waals surface area contributed by atoms with Crippen LogP contribution >= 0.6 is 0 Å². The van der Waals surface area contributed by atoms with Crippen LogP contribution in [0.3, 0.4) is 0 Å². The SMILES string of the molecule is CC(C)COC(=O)C1CCCCC1CC(C)C. The fourth-order valence-electron chi connectivity index (χ4n) is 2.76. The van der Waals surface area contributed by atoms with Crippen LogP contribution in [0, 0.1) is 23.7 Å². The van der Waals surface area contributed by atoms with Crippen LogP contribution in [0.15, 0.2) is 0 Å². The zero-order valence-electron chi connectivity index (χ0n) is 11.9. The Kier molecular flexibility index (Phi) is 6.01. The molecule has 2 heteroatoms. The normalized spacial score (nSPS) is 25.3. The third-order valence-corrected chi connectivity index (χ3v) is 3.54. The van der Waals surface area contributed by atoms with Crippen LogP contribution in [-0.2, 0) is 9.53 Å². The van der Waals surface area contributed by atoms with Crippen molar-refractivity contribution in [2.24, 2.45) is 23.7 Å². The molecule has 0 aromatic heterocycles.